The summed E-state index contributed by atoms with van der Waals surface area (Å²) in [6.07, 6.45) is 2.85. The van der Waals surface area contributed by atoms with E-state index in [4.69, 9.17) is 4.42 Å². The van der Waals surface area contributed by atoms with Crippen LogP contribution in [0.4, 0.5) is 0 Å². The van der Waals surface area contributed by atoms with E-state index < -0.39 is 0 Å². The number of aromatic nitrogens is 2. The van der Waals surface area contributed by atoms with Gasteiger partial charge in [-0.05, 0) is 20.4 Å². The largest absolute Gasteiger partial charge is 0.444 e. The molecule has 2 aromatic rings. The monoisotopic (exact) mass is 265 g/mol. The second-order valence-electron chi connectivity index (χ2n) is 4.29. The standard InChI is InChI=1S/C13H19N3OS/c1-4-16(7-5-13-14-6-8-18-13)9-12-15-10(2)11(3)17-12/h6,8H,4-5,7,9H2,1-3H3. The zero-order chi connectivity index (χ0) is 13.0. The van der Waals surface area contributed by atoms with Crippen LogP contribution < -0.4 is 0 Å². The molecule has 18 heavy (non-hydrogen) atoms. The van der Waals surface area contributed by atoms with Gasteiger partial charge in [0.1, 0.15) is 5.76 Å². The molecular formula is C13H19N3OS. The van der Waals surface area contributed by atoms with Gasteiger partial charge in [-0.3, -0.25) is 4.90 Å². The second kappa shape index (κ2) is 6.11. The molecule has 0 aromatic carbocycles. The fourth-order valence-electron chi connectivity index (χ4n) is 1.78. The van der Waals surface area contributed by atoms with Gasteiger partial charge in [-0.1, -0.05) is 6.92 Å². The van der Waals surface area contributed by atoms with E-state index in [0.29, 0.717) is 0 Å². The van der Waals surface area contributed by atoms with Crippen LogP contribution in [-0.2, 0) is 13.0 Å². The highest BCUT2D eigenvalue weighted by atomic mass is 32.1. The maximum atomic E-state index is 5.62. The Balaban J connectivity index is 1.89. The number of oxazole rings is 1. The summed E-state index contributed by atoms with van der Waals surface area (Å²) in [7, 11) is 0. The Morgan fingerprint density at radius 2 is 2.22 bits per heavy atom. The molecule has 0 amide bonds. The molecule has 0 fully saturated rings. The van der Waals surface area contributed by atoms with Gasteiger partial charge in [0.25, 0.3) is 0 Å². The van der Waals surface area contributed by atoms with Crippen molar-refractivity contribution in [2.24, 2.45) is 0 Å². The maximum absolute atomic E-state index is 5.62. The second-order valence-corrected chi connectivity index (χ2v) is 5.27. The van der Waals surface area contributed by atoms with E-state index in [1.807, 2.05) is 25.4 Å². The van der Waals surface area contributed by atoms with E-state index in [0.717, 1.165) is 43.4 Å². The number of aryl methyl sites for hydroxylation is 2. The van der Waals surface area contributed by atoms with Gasteiger partial charge in [-0.25, -0.2) is 9.97 Å². The van der Waals surface area contributed by atoms with Crippen LogP contribution in [-0.4, -0.2) is 28.0 Å². The zero-order valence-electron chi connectivity index (χ0n) is 11.1. The molecule has 0 spiro atoms. The molecule has 2 heterocycles. The number of hydrogen-bond acceptors (Lipinski definition) is 5. The van der Waals surface area contributed by atoms with Crippen molar-refractivity contribution in [2.75, 3.05) is 13.1 Å². The predicted molar refractivity (Wildman–Crippen MR) is 72.7 cm³/mol. The summed E-state index contributed by atoms with van der Waals surface area (Å²) in [5, 5.41) is 3.21. The van der Waals surface area contributed by atoms with Crippen molar-refractivity contribution < 1.29 is 4.42 Å². The zero-order valence-corrected chi connectivity index (χ0v) is 12.0. The minimum atomic E-state index is 0.774. The number of likely N-dealkylation sites (N-methyl/N-ethyl adjacent to an activating group) is 1. The lowest BCUT2D eigenvalue weighted by Crippen LogP contribution is -2.25. The van der Waals surface area contributed by atoms with Crippen LogP contribution in [0.25, 0.3) is 0 Å². The summed E-state index contributed by atoms with van der Waals surface area (Å²) in [5.74, 6) is 1.73. The lowest BCUT2D eigenvalue weighted by molar-refractivity contribution is 0.251. The normalized spacial score (nSPS) is 11.3. The summed E-state index contributed by atoms with van der Waals surface area (Å²) in [5.41, 5.74) is 0.987. The van der Waals surface area contributed by atoms with Crippen LogP contribution >= 0.6 is 11.3 Å². The molecular weight excluding hydrogens is 246 g/mol. The Bertz CT molecular complexity index is 459. The third-order valence-corrected chi connectivity index (χ3v) is 3.84. The Morgan fingerprint density at radius 1 is 1.39 bits per heavy atom. The smallest absolute Gasteiger partial charge is 0.208 e. The lowest BCUT2D eigenvalue weighted by Gasteiger charge is -2.17. The van der Waals surface area contributed by atoms with E-state index in [-0.39, 0.29) is 0 Å². The van der Waals surface area contributed by atoms with Crippen LogP contribution in [0.15, 0.2) is 16.0 Å². The summed E-state index contributed by atoms with van der Waals surface area (Å²) >= 11 is 1.71. The average Bonchev–Trinajstić information content (AvgIpc) is 2.96. The molecule has 0 aliphatic heterocycles. The fourth-order valence-corrected chi connectivity index (χ4v) is 2.39. The van der Waals surface area contributed by atoms with Crippen molar-refractivity contribution in [3.8, 4) is 0 Å². The van der Waals surface area contributed by atoms with Crippen molar-refractivity contribution in [3.63, 3.8) is 0 Å². The van der Waals surface area contributed by atoms with Crippen molar-refractivity contribution in [1.29, 1.82) is 0 Å². The molecule has 0 unspecified atom stereocenters. The van der Waals surface area contributed by atoms with Gasteiger partial charge >= 0.3 is 0 Å². The van der Waals surface area contributed by atoms with Crippen LogP contribution in [0.1, 0.15) is 29.3 Å². The number of hydrogen-bond donors (Lipinski definition) is 0. The number of thiazole rings is 1. The highest BCUT2D eigenvalue weighted by molar-refractivity contribution is 7.09. The van der Waals surface area contributed by atoms with E-state index in [1.54, 1.807) is 11.3 Å². The summed E-state index contributed by atoms with van der Waals surface area (Å²) in [6, 6.07) is 0. The molecule has 0 saturated heterocycles. The van der Waals surface area contributed by atoms with Gasteiger partial charge in [-0.15, -0.1) is 11.3 Å². The summed E-state index contributed by atoms with van der Waals surface area (Å²) < 4.78 is 5.62. The molecule has 0 aliphatic carbocycles. The molecule has 0 N–H and O–H groups in total. The van der Waals surface area contributed by atoms with E-state index in [9.17, 15) is 0 Å². The maximum Gasteiger partial charge on any atom is 0.208 e. The first-order valence-corrected chi connectivity index (χ1v) is 7.10. The SMILES string of the molecule is CCN(CCc1nccs1)Cc1nc(C)c(C)o1. The lowest BCUT2D eigenvalue weighted by atomic mass is 10.3. The Morgan fingerprint density at radius 3 is 2.78 bits per heavy atom. The number of nitrogens with zero attached hydrogens (tertiary/aromatic N) is 3. The van der Waals surface area contributed by atoms with Gasteiger partial charge in [0.15, 0.2) is 0 Å². The molecule has 2 aromatic heterocycles. The van der Waals surface area contributed by atoms with Gasteiger partial charge in [0.05, 0.1) is 17.2 Å². The first-order chi connectivity index (χ1) is 8.69. The number of rotatable bonds is 6. The minimum Gasteiger partial charge on any atom is -0.444 e. The van der Waals surface area contributed by atoms with Gasteiger partial charge < -0.3 is 4.42 Å². The molecule has 0 saturated carbocycles. The summed E-state index contributed by atoms with van der Waals surface area (Å²) in [4.78, 5) is 11.0. The van der Waals surface area contributed by atoms with Crippen molar-refractivity contribution in [2.45, 2.75) is 33.7 Å². The van der Waals surface area contributed by atoms with E-state index in [2.05, 4.69) is 21.8 Å². The molecule has 0 bridgehead atoms. The fraction of sp³-hybridized carbons (Fsp3) is 0.538. The van der Waals surface area contributed by atoms with Crippen molar-refractivity contribution >= 4 is 11.3 Å². The quantitative estimate of drug-likeness (QED) is 0.805. The highest BCUT2D eigenvalue weighted by Gasteiger charge is 2.10. The van der Waals surface area contributed by atoms with E-state index >= 15 is 0 Å². The summed E-state index contributed by atoms with van der Waals surface area (Å²) in [6.45, 7) is 8.85. The third-order valence-electron chi connectivity index (χ3n) is 3.00. The Kier molecular flexibility index (Phi) is 4.49. The van der Waals surface area contributed by atoms with E-state index in [1.165, 1.54) is 5.01 Å². The van der Waals surface area contributed by atoms with Gasteiger partial charge in [-0.2, -0.15) is 0 Å². The molecule has 5 heteroatoms. The topological polar surface area (TPSA) is 42.2 Å². The first kappa shape index (κ1) is 13.2. The van der Waals surface area contributed by atoms with Gasteiger partial charge in [0, 0.05) is 24.5 Å². The molecule has 0 atom stereocenters. The first-order valence-electron chi connectivity index (χ1n) is 6.22. The Labute approximate surface area is 112 Å². The third kappa shape index (κ3) is 3.40. The van der Waals surface area contributed by atoms with Crippen LogP contribution in [0.2, 0.25) is 0 Å². The van der Waals surface area contributed by atoms with Gasteiger partial charge in [0.2, 0.25) is 5.89 Å². The highest BCUT2D eigenvalue weighted by Crippen LogP contribution is 2.12. The molecule has 4 nitrogen and oxygen atoms in total. The molecule has 2 rings (SSSR count). The van der Waals surface area contributed by atoms with Crippen LogP contribution in [0.3, 0.4) is 0 Å². The predicted octanol–water partition coefficient (Wildman–Crippen LogP) is 2.81. The van der Waals surface area contributed by atoms with Crippen LogP contribution in [0.5, 0.6) is 0 Å². The average molecular weight is 265 g/mol. The Hall–Kier alpha value is -1.20. The van der Waals surface area contributed by atoms with Crippen molar-refractivity contribution in [3.05, 3.63) is 33.9 Å². The minimum absolute atomic E-state index is 0.774. The molecule has 0 radical (unpaired) electrons. The molecule has 98 valence electrons. The molecule has 0 aliphatic rings. The van der Waals surface area contributed by atoms with Crippen molar-refractivity contribution in [1.82, 2.24) is 14.9 Å². The van der Waals surface area contributed by atoms with Crippen LogP contribution in [0, 0.1) is 13.8 Å².